The first-order chi connectivity index (χ1) is 15.0. The van der Waals surface area contributed by atoms with E-state index in [0.29, 0.717) is 17.5 Å². The number of nitro groups is 1. The fraction of sp³-hybridized carbons (Fsp3) is 0.150. The molecule has 0 aliphatic rings. The molecule has 2 heterocycles. The van der Waals surface area contributed by atoms with Gasteiger partial charge in [-0.2, -0.15) is 0 Å². The Morgan fingerprint density at radius 3 is 2.65 bits per heavy atom. The van der Waals surface area contributed by atoms with Gasteiger partial charge in [-0.1, -0.05) is 28.1 Å². The molecular formula is C20H17BrN6O4. The minimum Gasteiger partial charge on any atom is -0.462 e. The number of aliphatic imine (C=N–C) groups is 1. The SMILES string of the molecule is CCOC(=O)c1cnc(NCC=Nc2ccc([N+](=O)[O-])cn2)nc1-c1ccc(Br)cc1. The number of pyridine rings is 1. The van der Waals surface area contributed by atoms with E-state index in [1.54, 1.807) is 6.92 Å². The zero-order valence-electron chi connectivity index (χ0n) is 16.4. The number of hydrogen-bond acceptors (Lipinski definition) is 9. The van der Waals surface area contributed by atoms with Crippen LogP contribution in [0.1, 0.15) is 17.3 Å². The third-order valence-corrected chi connectivity index (χ3v) is 4.45. The molecule has 10 nitrogen and oxygen atoms in total. The average Bonchev–Trinajstić information content (AvgIpc) is 2.77. The Balaban J connectivity index is 1.75. The number of aromatic nitrogens is 3. The van der Waals surface area contributed by atoms with Crippen molar-refractivity contribution in [1.82, 2.24) is 15.0 Å². The van der Waals surface area contributed by atoms with E-state index >= 15 is 0 Å². The number of carbonyl (C=O) groups excluding carboxylic acids is 1. The molecule has 0 spiro atoms. The Kier molecular flexibility index (Phi) is 7.33. The fourth-order valence-electron chi connectivity index (χ4n) is 2.49. The molecule has 0 saturated carbocycles. The maximum Gasteiger partial charge on any atom is 0.341 e. The van der Waals surface area contributed by atoms with Crippen LogP contribution in [0, 0.1) is 10.1 Å². The number of halogens is 1. The summed E-state index contributed by atoms with van der Waals surface area (Å²) in [5, 5.41) is 13.6. The molecule has 3 rings (SSSR count). The topological polar surface area (TPSA) is 132 Å². The monoisotopic (exact) mass is 484 g/mol. The van der Waals surface area contributed by atoms with E-state index in [9.17, 15) is 14.9 Å². The molecule has 0 unspecified atom stereocenters. The lowest BCUT2D eigenvalue weighted by Crippen LogP contribution is -2.12. The lowest BCUT2D eigenvalue weighted by Gasteiger charge is -2.10. The van der Waals surface area contributed by atoms with Crippen LogP contribution in [-0.2, 0) is 4.74 Å². The van der Waals surface area contributed by atoms with Crippen molar-refractivity contribution >= 4 is 45.6 Å². The van der Waals surface area contributed by atoms with Gasteiger partial charge in [-0.3, -0.25) is 10.1 Å². The number of benzene rings is 1. The summed E-state index contributed by atoms with van der Waals surface area (Å²) in [6.07, 6.45) is 4.09. The van der Waals surface area contributed by atoms with Crippen LogP contribution in [0.5, 0.6) is 0 Å². The van der Waals surface area contributed by atoms with Crippen LogP contribution >= 0.6 is 15.9 Å². The van der Waals surface area contributed by atoms with Crippen molar-refractivity contribution in [3.8, 4) is 11.3 Å². The first kappa shape index (κ1) is 22.0. The highest BCUT2D eigenvalue weighted by Crippen LogP contribution is 2.25. The summed E-state index contributed by atoms with van der Waals surface area (Å²) >= 11 is 3.39. The number of nitrogens with zero attached hydrogens (tertiary/aromatic N) is 5. The predicted molar refractivity (Wildman–Crippen MR) is 119 cm³/mol. The summed E-state index contributed by atoms with van der Waals surface area (Å²) in [6, 6.07) is 10.1. The molecule has 0 bridgehead atoms. The van der Waals surface area contributed by atoms with Crippen LogP contribution < -0.4 is 5.32 Å². The highest BCUT2D eigenvalue weighted by molar-refractivity contribution is 9.10. The third kappa shape index (κ3) is 5.89. The Morgan fingerprint density at radius 1 is 1.23 bits per heavy atom. The molecule has 31 heavy (non-hydrogen) atoms. The van der Waals surface area contributed by atoms with Gasteiger partial charge in [0.2, 0.25) is 5.95 Å². The molecule has 158 valence electrons. The van der Waals surface area contributed by atoms with E-state index in [-0.39, 0.29) is 24.4 Å². The number of esters is 1. The van der Waals surface area contributed by atoms with E-state index in [1.165, 1.54) is 24.5 Å². The number of nitrogens with one attached hydrogen (secondary N) is 1. The Morgan fingerprint density at radius 2 is 2.00 bits per heavy atom. The van der Waals surface area contributed by atoms with Gasteiger partial charge in [-0.25, -0.2) is 24.7 Å². The lowest BCUT2D eigenvalue weighted by atomic mass is 10.1. The van der Waals surface area contributed by atoms with Crippen LogP contribution in [0.15, 0.2) is 58.3 Å². The molecule has 0 saturated heterocycles. The molecular weight excluding hydrogens is 468 g/mol. The maximum absolute atomic E-state index is 12.3. The van der Waals surface area contributed by atoms with E-state index < -0.39 is 10.9 Å². The normalized spacial score (nSPS) is 10.8. The number of hydrogen-bond donors (Lipinski definition) is 1. The zero-order chi connectivity index (χ0) is 22.2. The third-order valence-electron chi connectivity index (χ3n) is 3.92. The molecule has 1 aromatic carbocycles. The number of carbonyl (C=O) groups is 1. The Hall–Kier alpha value is -3.73. The van der Waals surface area contributed by atoms with Crippen molar-refractivity contribution in [2.45, 2.75) is 6.92 Å². The maximum atomic E-state index is 12.3. The molecule has 0 fully saturated rings. The molecule has 3 aromatic rings. The van der Waals surface area contributed by atoms with Crippen LogP contribution in [0.25, 0.3) is 11.3 Å². The smallest absolute Gasteiger partial charge is 0.341 e. The summed E-state index contributed by atoms with van der Waals surface area (Å²) in [5.74, 6) is 0.133. The van der Waals surface area contributed by atoms with Crippen LogP contribution in [0.4, 0.5) is 17.5 Å². The molecule has 0 aliphatic heterocycles. The predicted octanol–water partition coefficient (Wildman–Crippen LogP) is 4.20. The van der Waals surface area contributed by atoms with E-state index in [1.807, 2.05) is 24.3 Å². The second kappa shape index (κ2) is 10.3. The summed E-state index contributed by atoms with van der Waals surface area (Å²) in [6.45, 7) is 2.25. The van der Waals surface area contributed by atoms with Gasteiger partial charge in [-0.05, 0) is 25.1 Å². The van der Waals surface area contributed by atoms with Crippen molar-refractivity contribution < 1.29 is 14.5 Å². The van der Waals surface area contributed by atoms with Crippen molar-refractivity contribution in [1.29, 1.82) is 0 Å². The highest BCUT2D eigenvalue weighted by Gasteiger charge is 2.17. The van der Waals surface area contributed by atoms with Gasteiger partial charge in [-0.15, -0.1) is 0 Å². The molecule has 0 atom stereocenters. The van der Waals surface area contributed by atoms with Crippen molar-refractivity contribution in [3.05, 3.63) is 68.9 Å². The van der Waals surface area contributed by atoms with E-state index in [2.05, 4.69) is 41.2 Å². The van der Waals surface area contributed by atoms with Gasteiger partial charge in [0.05, 0.1) is 23.8 Å². The van der Waals surface area contributed by atoms with E-state index in [4.69, 9.17) is 4.74 Å². The van der Waals surface area contributed by atoms with Gasteiger partial charge in [0.1, 0.15) is 11.8 Å². The van der Waals surface area contributed by atoms with Crippen molar-refractivity contribution in [2.75, 3.05) is 18.5 Å². The highest BCUT2D eigenvalue weighted by atomic mass is 79.9. The molecule has 1 N–H and O–H groups in total. The molecule has 2 aromatic heterocycles. The van der Waals surface area contributed by atoms with Gasteiger partial charge >= 0.3 is 5.97 Å². The second-order valence-electron chi connectivity index (χ2n) is 6.01. The lowest BCUT2D eigenvalue weighted by molar-refractivity contribution is -0.385. The minimum absolute atomic E-state index is 0.104. The van der Waals surface area contributed by atoms with Gasteiger partial charge in [0.25, 0.3) is 5.69 Å². The second-order valence-corrected chi connectivity index (χ2v) is 6.92. The van der Waals surface area contributed by atoms with Gasteiger partial charge in [0.15, 0.2) is 5.82 Å². The number of rotatable bonds is 8. The van der Waals surface area contributed by atoms with Gasteiger partial charge in [0, 0.05) is 28.5 Å². The van der Waals surface area contributed by atoms with Crippen LogP contribution in [0.3, 0.4) is 0 Å². The number of anilines is 1. The summed E-state index contributed by atoms with van der Waals surface area (Å²) in [5.41, 5.74) is 1.34. The molecule has 0 radical (unpaired) electrons. The quantitative estimate of drug-likeness (QED) is 0.217. The summed E-state index contributed by atoms with van der Waals surface area (Å²) in [4.78, 5) is 39.1. The Bertz CT molecular complexity index is 1100. The van der Waals surface area contributed by atoms with Crippen LogP contribution in [-0.4, -0.2) is 45.2 Å². The van der Waals surface area contributed by atoms with Crippen LogP contribution in [0.2, 0.25) is 0 Å². The molecule has 0 amide bonds. The van der Waals surface area contributed by atoms with E-state index in [0.717, 1.165) is 16.2 Å². The van der Waals surface area contributed by atoms with Crippen molar-refractivity contribution in [3.63, 3.8) is 0 Å². The number of ether oxygens (including phenoxy) is 1. The minimum atomic E-state index is -0.525. The first-order valence-corrected chi connectivity index (χ1v) is 9.94. The standard InChI is InChI=1S/C20H17BrN6O4/c1-2-31-19(28)16-12-25-20(26-18(16)13-3-5-14(21)6-4-13)23-10-9-22-17-8-7-15(11-24-17)27(29)30/h3-9,11-12H,2,10H2,1H3,(H,23,25,26). The fourth-order valence-corrected chi connectivity index (χ4v) is 2.76. The first-order valence-electron chi connectivity index (χ1n) is 9.15. The molecule has 11 heteroatoms. The van der Waals surface area contributed by atoms with Gasteiger partial charge < -0.3 is 10.1 Å². The van der Waals surface area contributed by atoms with Crippen molar-refractivity contribution in [2.24, 2.45) is 4.99 Å². The average molecular weight is 485 g/mol. The zero-order valence-corrected chi connectivity index (χ0v) is 17.9. The Labute approximate surface area is 185 Å². The summed E-state index contributed by atoms with van der Waals surface area (Å²) in [7, 11) is 0. The largest absolute Gasteiger partial charge is 0.462 e. The summed E-state index contributed by atoms with van der Waals surface area (Å²) < 4.78 is 6.01. The molecule has 0 aliphatic carbocycles.